The van der Waals surface area contributed by atoms with E-state index in [0.717, 1.165) is 11.3 Å². The molecule has 1 aromatic carbocycles. The Labute approximate surface area is 109 Å². The normalized spacial score (nSPS) is 13.4. The zero-order valence-electron chi connectivity index (χ0n) is 11.3. The van der Waals surface area contributed by atoms with E-state index in [-0.39, 0.29) is 12.1 Å². The first-order chi connectivity index (χ1) is 8.48. The van der Waals surface area contributed by atoms with Crippen molar-refractivity contribution in [2.75, 3.05) is 19.8 Å². The smallest absolute Gasteiger partial charge is 0.119 e. The summed E-state index contributed by atoms with van der Waals surface area (Å²) in [6.07, 6.45) is -0.591. The summed E-state index contributed by atoms with van der Waals surface area (Å²) in [5.41, 5.74) is 0.450. The Morgan fingerprint density at radius 2 is 1.89 bits per heavy atom. The summed E-state index contributed by atoms with van der Waals surface area (Å²) in [7, 11) is 0. The van der Waals surface area contributed by atoms with E-state index in [9.17, 15) is 5.11 Å². The van der Waals surface area contributed by atoms with Gasteiger partial charge in [-0.2, -0.15) is 0 Å². The predicted molar refractivity (Wildman–Crippen MR) is 71.7 cm³/mol. The number of β-amino-alcohol motifs (C(OH)–C–C–N with tert-alkyl or cyclic N) is 1. The number of nitrogens with one attached hydrogen (secondary N) is 1. The van der Waals surface area contributed by atoms with Gasteiger partial charge in [0.15, 0.2) is 0 Å². The quantitative estimate of drug-likeness (QED) is 0.689. The molecule has 0 saturated heterocycles. The molecular weight excluding hydrogens is 230 g/mol. The Bertz CT molecular complexity index is 349. The maximum Gasteiger partial charge on any atom is 0.119 e. The monoisotopic (exact) mass is 253 g/mol. The fourth-order valence-electron chi connectivity index (χ4n) is 1.50. The maximum atomic E-state index is 10.0. The van der Waals surface area contributed by atoms with E-state index < -0.39 is 6.10 Å². The molecule has 18 heavy (non-hydrogen) atoms. The number of rotatable bonds is 7. The first-order valence-electron chi connectivity index (χ1n) is 6.25. The van der Waals surface area contributed by atoms with Crippen LogP contribution in [0, 0.1) is 0 Å². The third-order valence-corrected chi connectivity index (χ3v) is 2.75. The summed E-state index contributed by atoms with van der Waals surface area (Å²) in [6, 6.07) is 7.39. The molecule has 0 aliphatic heterocycles. The van der Waals surface area contributed by atoms with Gasteiger partial charge in [-0.05, 0) is 38.5 Å². The van der Waals surface area contributed by atoms with Gasteiger partial charge in [-0.25, -0.2) is 0 Å². The van der Waals surface area contributed by atoms with Crippen molar-refractivity contribution in [3.63, 3.8) is 0 Å². The Balaban J connectivity index is 2.53. The van der Waals surface area contributed by atoms with Crippen LogP contribution in [0.3, 0.4) is 0 Å². The molecule has 4 heteroatoms. The molecule has 3 N–H and O–H groups in total. The highest BCUT2D eigenvalue weighted by Crippen LogP contribution is 2.18. The standard InChI is InChI=1S/C14H23NO3/c1-4-18-12-7-5-11(6-8-12)13(17)9-15-14(2,3)10-16/h5-8,13,15-17H,4,9-10H2,1-3H3. The van der Waals surface area contributed by atoms with Gasteiger partial charge in [0, 0.05) is 12.1 Å². The number of aliphatic hydroxyl groups is 2. The highest BCUT2D eigenvalue weighted by molar-refractivity contribution is 5.28. The largest absolute Gasteiger partial charge is 0.494 e. The first kappa shape index (κ1) is 15.0. The van der Waals surface area contributed by atoms with Crippen LogP contribution >= 0.6 is 0 Å². The summed E-state index contributed by atoms with van der Waals surface area (Å²) in [4.78, 5) is 0. The predicted octanol–water partition coefficient (Wildman–Crippen LogP) is 1.48. The van der Waals surface area contributed by atoms with E-state index in [1.54, 1.807) is 0 Å². The lowest BCUT2D eigenvalue weighted by Gasteiger charge is -2.25. The maximum absolute atomic E-state index is 10.0. The van der Waals surface area contributed by atoms with Crippen molar-refractivity contribution in [1.29, 1.82) is 0 Å². The second kappa shape index (κ2) is 6.73. The molecular formula is C14H23NO3. The summed E-state index contributed by atoms with van der Waals surface area (Å²) >= 11 is 0. The van der Waals surface area contributed by atoms with Gasteiger partial charge >= 0.3 is 0 Å². The molecule has 4 nitrogen and oxygen atoms in total. The lowest BCUT2D eigenvalue weighted by atomic mass is 10.0. The van der Waals surface area contributed by atoms with E-state index in [4.69, 9.17) is 9.84 Å². The molecule has 0 radical (unpaired) electrons. The molecule has 1 rings (SSSR count). The molecule has 102 valence electrons. The van der Waals surface area contributed by atoms with Crippen LogP contribution in [-0.2, 0) is 0 Å². The Hall–Kier alpha value is -1.10. The van der Waals surface area contributed by atoms with Crippen LogP contribution in [0.2, 0.25) is 0 Å². The molecule has 0 aliphatic rings. The number of aliphatic hydroxyl groups excluding tert-OH is 2. The molecule has 1 aromatic rings. The second-order valence-electron chi connectivity index (χ2n) is 4.94. The van der Waals surface area contributed by atoms with Crippen molar-refractivity contribution in [2.24, 2.45) is 0 Å². The lowest BCUT2D eigenvalue weighted by Crippen LogP contribution is -2.44. The fraction of sp³-hybridized carbons (Fsp3) is 0.571. The SMILES string of the molecule is CCOc1ccc(C(O)CNC(C)(C)CO)cc1. The average molecular weight is 253 g/mol. The molecule has 0 fully saturated rings. The van der Waals surface area contributed by atoms with E-state index in [1.165, 1.54) is 0 Å². The first-order valence-corrected chi connectivity index (χ1v) is 6.25. The van der Waals surface area contributed by atoms with Gasteiger partial charge in [-0.3, -0.25) is 0 Å². The van der Waals surface area contributed by atoms with Gasteiger partial charge < -0.3 is 20.3 Å². The van der Waals surface area contributed by atoms with Crippen LogP contribution < -0.4 is 10.1 Å². The highest BCUT2D eigenvalue weighted by Gasteiger charge is 2.17. The average Bonchev–Trinajstić information content (AvgIpc) is 2.37. The van der Waals surface area contributed by atoms with Gasteiger partial charge in [-0.1, -0.05) is 12.1 Å². The lowest BCUT2D eigenvalue weighted by molar-refractivity contribution is 0.136. The molecule has 0 spiro atoms. The van der Waals surface area contributed by atoms with Gasteiger partial charge in [0.1, 0.15) is 5.75 Å². The zero-order chi connectivity index (χ0) is 13.6. The minimum Gasteiger partial charge on any atom is -0.494 e. The van der Waals surface area contributed by atoms with Gasteiger partial charge in [0.05, 0.1) is 19.3 Å². The molecule has 0 saturated carbocycles. The summed E-state index contributed by atoms with van der Waals surface area (Å²) in [6.45, 7) is 6.78. The third kappa shape index (κ3) is 4.64. The molecule has 0 bridgehead atoms. The van der Waals surface area contributed by atoms with E-state index in [0.29, 0.717) is 13.2 Å². The number of hydrogen-bond acceptors (Lipinski definition) is 4. The Morgan fingerprint density at radius 1 is 1.28 bits per heavy atom. The van der Waals surface area contributed by atoms with Crippen LogP contribution in [0.25, 0.3) is 0 Å². The summed E-state index contributed by atoms with van der Waals surface area (Å²) in [5, 5.41) is 22.2. The molecule has 0 amide bonds. The van der Waals surface area contributed by atoms with Crippen molar-refractivity contribution in [3.05, 3.63) is 29.8 Å². The minimum atomic E-state index is -0.591. The zero-order valence-corrected chi connectivity index (χ0v) is 11.3. The van der Waals surface area contributed by atoms with Crippen LogP contribution in [-0.4, -0.2) is 35.5 Å². The van der Waals surface area contributed by atoms with Crippen molar-refractivity contribution in [2.45, 2.75) is 32.4 Å². The second-order valence-corrected chi connectivity index (χ2v) is 4.94. The number of benzene rings is 1. The molecule has 0 heterocycles. The van der Waals surface area contributed by atoms with Crippen molar-refractivity contribution in [3.8, 4) is 5.75 Å². The molecule has 1 atom stereocenters. The van der Waals surface area contributed by atoms with Crippen LogP contribution in [0.1, 0.15) is 32.4 Å². The highest BCUT2D eigenvalue weighted by atomic mass is 16.5. The van der Waals surface area contributed by atoms with E-state index in [1.807, 2.05) is 45.0 Å². The minimum absolute atomic E-state index is 0.0308. The molecule has 1 unspecified atom stereocenters. The summed E-state index contributed by atoms with van der Waals surface area (Å²) < 4.78 is 5.34. The number of ether oxygens (including phenoxy) is 1. The van der Waals surface area contributed by atoms with Crippen molar-refractivity contribution < 1.29 is 14.9 Å². The Morgan fingerprint density at radius 3 is 2.39 bits per heavy atom. The molecule has 0 aliphatic carbocycles. The van der Waals surface area contributed by atoms with E-state index >= 15 is 0 Å². The summed E-state index contributed by atoms with van der Waals surface area (Å²) in [5.74, 6) is 0.803. The fourth-order valence-corrected chi connectivity index (χ4v) is 1.50. The van der Waals surface area contributed by atoms with Gasteiger partial charge in [-0.15, -0.1) is 0 Å². The number of hydrogen-bond donors (Lipinski definition) is 3. The van der Waals surface area contributed by atoms with Gasteiger partial charge in [0.25, 0.3) is 0 Å². The van der Waals surface area contributed by atoms with E-state index in [2.05, 4.69) is 5.32 Å². The van der Waals surface area contributed by atoms with Crippen molar-refractivity contribution in [1.82, 2.24) is 5.32 Å². The Kier molecular flexibility index (Phi) is 5.59. The molecule has 0 aromatic heterocycles. The van der Waals surface area contributed by atoms with Crippen molar-refractivity contribution >= 4 is 0 Å². The third-order valence-electron chi connectivity index (χ3n) is 2.75. The van der Waals surface area contributed by atoms with Gasteiger partial charge in [0.2, 0.25) is 0 Å². The van der Waals surface area contributed by atoms with Crippen LogP contribution in [0.4, 0.5) is 0 Å². The van der Waals surface area contributed by atoms with Crippen LogP contribution in [0.5, 0.6) is 5.75 Å². The topological polar surface area (TPSA) is 61.7 Å². The van der Waals surface area contributed by atoms with Crippen LogP contribution in [0.15, 0.2) is 24.3 Å².